The van der Waals surface area contributed by atoms with Gasteiger partial charge in [-0.1, -0.05) is 36.4 Å². The van der Waals surface area contributed by atoms with E-state index in [0.717, 1.165) is 44.1 Å². The number of rotatable bonds is 10. The molecule has 1 fully saturated rings. The molecule has 0 unspecified atom stereocenters. The van der Waals surface area contributed by atoms with Crippen LogP contribution in [0.15, 0.2) is 67.8 Å². The van der Waals surface area contributed by atoms with Crippen molar-refractivity contribution < 1.29 is 9.53 Å². The van der Waals surface area contributed by atoms with Crippen molar-refractivity contribution in [1.82, 2.24) is 24.0 Å². The summed E-state index contributed by atoms with van der Waals surface area (Å²) in [5, 5.41) is 0. The lowest BCUT2D eigenvalue weighted by molar-refractivity contribution is -0.133. The minimum Gasteiger partial charge on any atom is -0.377 e. The van der Waals surface area contributed by atoms with Crippen molar-refractivity contribution in [1.29, 1.82) is 0 Å². The summed E-state index contributed by atoms with van der Waals surface area (Å²) in [6.07, 6.45) is 11.8. The second kappa shape index (κ2) is 10.9. The molecule has 0 aliphatic carbocycles. The number of carbonyl (C=O) groups excluding carboxylic acids is 1. The molecule has 3 aromatic rings. The smallest absolute Gasteiger partial charge is 0.224 e. The van der Waals surface area contributed by atoms with E-state index in [9.17, 15) is 4.79 Å². The average Bonchev–Trinajstić information content (AvgIpc) is 3.47. The number of piperidine rings is 1. The lowest BCUT2D eigenvalue weighted by Gasteiger charge is -2.32. The number of hydrogen-bond donors (Lipinski definition) is 0. The van der Waals surface area contributed by atoms with Gasteiger partial charge in [-0.2, -0.15) is 0 Å². The van der Waals surface area contributed by atoms with Crippen LogP contribution in [0.1, 0.15) is 42.4 Å². The molecular formula is C25H31N5O2. The Balaban J connectivity index is 1.34. The first-order valence-electron chi connectivity index (χ1n) is 11.3. The highest BCUT2D eigenvalue weighted by Crippen LogP contribution is 2.27. The van der Waals surface area contributed by atoms with Crippen LogP contribution in [0.3, 0.4) is 0 Å². The highest BCUT2D eigenvalue weighted by Gasteiger charge is 2.26. The maximum Gasteiger partial charge on any atom is 0.224 e. The van der Waals surface area contributed by atoms with E-state index in [2.05, 4.69) is 49.9 Å². The van der Waals surface area contributed by atoms with Crippen LogP contribution in [0.2, 0.25) is 0 Å². The predicted octanol–water partition coefficient (Wildman–Crippen LogP) is 3.47. The van der Waals surface area contributed by atoms with Crippen molar-refractivity contribution in [3.05, 3.63) is 85.0 Å². The Hall–Kier alpha value is -3.19. The summed E-state index contributed by atoms with van der Waals surface area (Å²) in [6.45, 7) is 7.58. The van der Waals surface area contributed by atoms with E-state index >= 15 is 0 Å². The Morgan fingerprint density at radius 3 is 2.59 bits per heavy atom. The van der Waals surface area contributed by atoms with Gasteiger partial charge in [0.05, 0.1) is 26.2 Å². The molecule has 0 spiro atoms. The van der Waals surface area contributed by atoms with Gasteiger partial charge in [0.25, 0.3) is 0 Å². The SMILES string of the molecule is C=CCOCCC(=O)N1CCC(c2nccn2Cc2nccn2Cc2ccccc2)CC1. The quantitative estimate of drug-likeness (QED) is 0.363. The van der Waals surface area contributed by atoms with E-state index in [1.807, 2.05) is 35.8 Å². The van der Waals surface area contributed by atoms with Crippen LogP contribution < -0.4 is 0 Å². The number of amides is 1. The standard InChI is InChI=1S/C25H31N5O2/c1-2-17-32-18-10-24(31)28-13-8-22(9-14-28)25-27-12-16-30(25)20-23-26-11-15-29(23)19-21-6-4-3-5-7-21/h2-7,11-12,15-16,22H,1,8-10,13-14,17-20H2. The topological polar surface area (TPSA) is 65.2 Å². The van der Waals surface area contributed by atoms with E-state index in [0.29, 0.717) is 32.1 Å². The van der Waals surface area contributed by atoms with Gasteiger partial charge < -0.3 is 18.8 Å². The number of nitrogens with zero attached hydrogens (tertiary/aromatic N) is 5. The minimum atomic E-state index is 0.166. The van der Waals surface area contributed by atoms with Gasteiger partial charge in [0.2, 0.25) is 5.91 Å². The molecule has 7 heteroatoms. The second-order valence-corrected chi connectivity index (χ2v) is 8.14. The maximum atomic E-state index is 12.4. The number of imidazole rings is 2. The minimum absolute atomic E-state index is 0.166. The summed E-state index contributed by atoms with van der Waals surface area (Å²) in [5.41, 5.74) is 1.25. The van der Waals surface area contributed by atoms with Crippen molar-refractivity contribution in [3.63, 3.8) is 0 Å². The van der Waals surface area contributed by atoms with Gasteiger partial charge in [-0.05, 0) is 18.4 Å². The van der Waals surface area contributed by atoms with E-state index in [1.165, 1.54) is 5.56 Å². The molecule has 1 aromatic carbocycles. The zero-order valence-corrected chi connectivity index (χ0v) is 18.5. The molecule has 168 valence electrons. The van der Waals surface area contributed by atoms with Crippen molar-refractivity contribution in [2.45, 2.75) is 38.3 Å². The summed E-state index contributed by atoms with van der Waals surface area (Å²) < 4.78 is 9.74. The second-order valence-electron chi connectivity index (χ2n) is 8.14. The van der Waals surface area contributed by atoms with Gasteiger partial charge in [0, 0.05) is 50.3 Å². The molecule has 0 saturated carbocycles. The molecule has 1 saturated heterocycles. The molecule has 2 aromatic heterocycles. The first kappa shape index (κ1) is 22.0. The van der Waals surface area contributed by atoms with E-state index in [-0.39, 0.29) is 5.91 Å². The van der Waals surface area contributed by atoms with Crippen LogP contribution >= 0.6 is 0 Å². The van der Waals surface area contributed by atoms with Crippen LogP contribution in [0, 0.1) is 0 Å². The molecule has 0 atom stereocenters. The number of ether oxygens (including phenoxy) is 1. The molecule has 4 rings (SSSR count). The fourth-order valence-electron chi connectivity index (χ4n) is 4.25. The highest BCUT2D eigenvalue weighted by molar-refractivity contribution is 5.76. The van der Waals surface area contributed by atoms with E-state index in [4.69, 9.17) is 4.74 Å². The zero-order chi connectivity index (χ0) is 22.2. The number of hydrogen-bond acceptors (Lipinski definition) is 4. The fourth-order valence-corrected chi connectivity index (χ4v) is 4.25. The molecule has 3 heterocycles. The van der Waals surface area contributed by atoms with Crippen LogP contribution in [0.25, 0.3) is 0 Å². The maximum absolute atomic E-state index is 12.4. The normalized spacial score (nSPS) is 14.6. The number of benzene rings is 1. The summed E-state index contributed by atoms with van der Waals surface area (Å²) in [4.78, 5) is 23.6. The molecule has 1 aliphatic rings. The van der Waals surface area contributed by atoms with Crippen LogP contribution in [0.5, 0.6) is 0 Å². The largest absolute Gasteiger partial charge is 0.377 e. The third-order valence-electron chi connectivity index (χ3n) is 5.97. The molecule has 1 aliphatic heterocycles. The summed E-state index contributed by atoms with van der Waals surface area (Å²) in [5.74, 6) is 2.61. The first-order chi connectivity index (χ1) is 15.7. The highest BCUT2D eigenvalue weighted by atomic mass is 16.5. The summed E-state index contributed by atoms with van der Waals surface area (Å²) in [7, 11) is 0. The third kappa shape index (κ3) is 5.53. The Labute approximate surface area is 189 Å². The molecule has 0 radical (unpaired) electrons. The molecule has 32 heavy (non-hydrogen) atoms. The number of carbonyl (C=O) groups is 1. The Bertz CT molecular complexity index is 1000. The Morgan fingerprint density at radius 2 is 1.81 bits per heavy atom. The van der Waals surface area contributed by atoms with Gasteiger partial charge >= 0.3 is 0 Å². The zero-order valence-electron chi connectivity index (χ0n) is 18.5. The monoisotopic (exact) mass is 433 g/mol. The Kier molecular flexibility index (Phi) is 7.51. The van der Waals surface area contributed by atoms with Gasteiger partial charge in [-0.3, -0.25) is 4.79 Å². The summed E-state index contributed by atoms with van der Waals surface area (Å²) in [6, 6.07) is 10.4. The Morgan fingerprint density at radius 1 is 1.06 bits per heavy atom. The molecule has 1 amide bonds. The van der Waals surface area contributed by atoms with Crippen LogP contribution in [0.4, 0.5) is 0 Å². The predicted molar refractivity (Wildman–Crippen MR) is 123 cm³/mol. The van der Waals surface area contributed by atoms with Gasteiger partial charge in [-0.25, -0.2) is 9.97 Å². The van der Waals surface area contributed by atoms with Crippen molar-refractivity contribution in [3.8, 4) is 0 Å². The molecular weight excluding hydrogens is 402 g/mol. The fraction of sp³-hybridized carbons (Fsp3) is 0.400. The van der Waals surface area contributed by atoms with Gasteiger partial charge in [0.15, 0.2) is 0 Å². The third-order valence-corrected chi connectivity index (χ3v) is 5.97. The van der Waals surface area contributed by atoms with Crippen LogP contribution in [-0.4, -0.2) is 56.2 Å². The molecule has 0 N–H and O–H groups in total. The summed E-state index contributed by atoms with van der Waals surface area (Å²) >= 11 is 0. The number of aromatic nitrogens is 4. The van der Waals surface area contributed by atoms with E-state index in [1.54, 1.807) is 6.08 Å². The van der Waals surface area contributed by atoms with Gasteiger partial charge in [-0.15, -0.1) is 6.58 Å². The van der Waals surface area contributed by atoms with Gasteiger partial charge in [0.1, 0.15) is 11.6 Å². The molecule has 7 nitrogen and oxygen atoms in total. The van der Waals surface area contributed by atoms with Crippen LogP contribution in [-0.2, 0) is 22.6 Å². The van der Waals surface area contributed by atoms with Crippen molar-refractivity contribution >= 4 is 5.91 Å². The average molecular weight is 434 g/mol. The lowest BCUT2D eigenvalue weighted by Crippen LogP contribution is -2.38. The number of likely N-dealkylation sites (tertiary alicyclic amines) is 1. The lowest BCUT2D eigenvalue weighted by atomic mass is 9.95. The van der Waals surface area contributed by atoms with Crippen molar-refractivity contribution in [2.24, 2.45) is 0 Å². The first-order valence-corrected chi connectivity index (χ1v) is 11.3. The van der Waals surface area contributed by atoms with E-state index < -0.39 is 0 Å². The van der Waals surface area contributed by atoms with Crippen molar-refractivity contribution in [2.75, 3.05) is 26.3 Å². The molecule has 0 bridgehead atoms.